The Labute approximate surface area is 128 Å². The van der Waals surface area contributed by atoms with E-state index in [1.807, 2.05) is 6.07 Å². The molecule has 1 fully saturated rings. The molecule has 21 heavy (non-hydrogen) atoms. The van der Waals surface area contributed by atoms with Gasteiger partial charge in [0.1, 0.15) is 5.82 Å². The van der Waals surface area contributed by atoms with E-state index in [-0.39, 0.29) is 5.82 Å². The van der Waals surface area contributed by atoms with Crippen molar-refractivity contribution in [1.82, 2.24) is 4.90 Å². The first kappa shape index (κ1) is 16.4. The van der Waals surface area contributed by atoms with Gasteiger partial charge in [0, 0.05) is 12.6 Å². The number of nitrogens with zero attached hydrogens (tertiary/aromatic N) is 1. The Morgan fingerprint density at radius 1 is 1.38 bits per heavy atom. The van der Waals surface area contributed by atoms with Gasteiger partial charge in [0.2, 0.25) is 0 Å². The number of hydrogen-bond donors (Lipinski definition) is 1. The summed E-state index contributed by atoms with van der Waals surface area (Å²) in [5.41, 5.74) is 1.31. The molecule has 0 saturated heterocycles. The summed E-state index contributed by atoms with van der Waals surface area (Å²) in [6, 6.07) is 5.66. The number of hydrogen-bond acceptors (Lipinski definition) is 2. The van der Waals surface area contributed by atoms with Gasteiger partial charge >= 0.3 is 0 Å². The maximum Gasteiger partial charge on any atom is 0.126 e. The number of benzene rings is 1. The fourth-order valence-electron chi connectivity index (χ4n) is 3.29. The lowest BCUT2D eigenvalue weighted by Gasteiger charge is -2.34. The summed E-state index contributed by atoms with van der Waals surface area (Å²) in [6.45, 7) is 4.92. The maximum atomic E-state index is 13.6. The maximum absolute atomic E-state index is 13.6. The molecule has 0 bridgehead atoms. The minimum absolute atomic E-state index is 0.235. The standard InChI is InChI=1S/C18H28FNO/c1-13-5-4-6-16(11-13)20(3)10-9-18(21)15-8-7-14(2)17(19)12-15/h7-8,12-13,16,18,21H,4-6,9-11H2,1-3H3. The van der Waals surface area contributed by atoms with Gasteiger partial charge in [-0.2, -0.15) is 0 Å². The Kier molecular flexibility index (Phi) is 5.77. The number of aryl methyl sites for hydroxylation is 1. The molecule has 0 heterocycles. The summed E-state index contributed by atoms with van der Waals surface area (Å²) in [6.07, 6.45) is 5.24. The summed E-state index contributed by atoms with van der Waals surface area (Å²) in [7, 11) is 2.14. The van der Waals surface area contributed by atoms with Crippen molar-refractivity contribution in [1.29, 1.82) is 0 Å². The molecule has 1 aromatic carbocycles. The molecule has 1 saturated carbocycles. The zero-order valence-corrected chi connectivity index (χ0v) is 13.5. The molecule has 0 aliphatic heterocycles. The Morgan fingerprint density at radius 3 is 2.81 bits per heavy atom. The lowest BCUT2D eigenvalue weighted by Crippen LogP contribution is -2.36. The summed E-state index contributed by atoms with van der Waals surface area (Å²) in [4.78, 5) is 2.36. The van der Waals surface area contributed by atoms with Crippen LogP contribution in [0.5, 0.6) is 0 Å². The first-order valence-corrected chi connectivity index (χ1v) is 8.11. The van der Waals surface area contributed by atoms with Gasteiger partial charge in [0.25, 0.3) is 0 Å². The van der Waals surface area contributed by atoms with Gasteiger partial charge in [-0.1, -0.05) is 31.9 Å². The molecule has 3 unspecified atom stereocenters. The molecule has 1 aliphatic rings. The average Bonchev–Trinajstić information content (AvgIpc) is 2.47. The second-order valence-electron chi connectivity index (χ2n) is 6.72. The van der Waals surface area contributed by atoms with E-state index in [4.69, 9.17) is 0 Å². The van der Waals surface area contributed by atoms with Crippen LogP contribution in [0, 0.1) is 18.7 Å². The van der Waals surface area contributed by atoms with Crippen molar-refractivity contribution in [3.05, 3.63) is 35.1 Å². The van der Waals surface area contributed by atoms with E-state index in [1.165, 1.54) is 31.7 Å². The molecular formula is C18H28FNO. The van der Waals surface area contributed by atoms with Crippen molar-refractivity contribution in [2.45, 2.75) is 58.1 Å². The minimum atomic E-state index is -0.580. The van der Waals surface area contributed by atoms with Crippen LogP contribution in [0.1, 0.15) is 56.3 Å². The Bertz CT molecular complexity index is 463. The van der Waals surface area contributed by atoms with E-state index in [2.05, 4.69) is 18.9 Å². The highest BCUT2D eigenvalue weighted by atomic mass is 19.1. The van der Waals surface area contributed by atoms with E-state index in [0.717, 1.165) is 12.5 Å². The number of aliphatic hydroxyl groups is 1. The predicted molar refractivity (Wildman–Crippen MR) is 84.8 cm³/mol. The molecular weight excluding hydrogens is 265 g/mol. The van der Waals surface area contributed by atoms with Crippen LogP contribution in [-0.2, 0) is 0 Å². The second kappa shape index (κ2) is 7.37. The summed E-state index contributed by atoms with van der Waals surface area (Å²) in [5.74, 6) is 0.573. The van der Waals surface area contributed by atoms with E-state index in [9.17, 15) is 9.50 Å². The number of rotatable bonds is 5. The molecule has 118 valence electrons. The van der Waals surface area contributed by atoms with Crippen LogP contribution in [0.2, 0.25) is 0 Å². The van der Waals surface area contributed by atoms with Gasteiger partial charge in [-0.15, -0.1) is 0 Å². The molecule has 1 aromatic rings. The van der Waals surface area contributed by atoms with E-state index in [1.54, 1.807) is 13.0 Å². The lowest BCUT2D eigenvalue weighted by atomic mass is 9.86. The van der Waals surface area contributed by atoms with Crippen LogP contribution in [0.15, 0.2) is 18.2 Å². The summed E-state index contributed by atoms with van der Waals surface area (Å²) in [5, 5.41) is 10.2. The molecule has 1 N–H and O–H groups in total. The topological polar surface area (TPSA) is 23.5 Å². The minimum Gasteiger partial charge on any atom is -0.388 e. The third-order valence-corrected chi connectivity index (χ3v) is 4.87. The average molecular weight is 293 g/mol. The largest absolute Gasteiger partial charge is 0.388 e. The SMILES string of the molecule is Cc1ccc(C(O)CCN(C)C2CCCC(C)C2)cc1F. The van der Waals surface area contributed by atoms with Crippen molar-refractivity contribution < 1.29 is 9.50 Å². The fourth-order valence-corrected chi connectivity index (χ4v) is 3.29. The highest BCUT2D eigenvalue weighted by Crippen LogP contribution is 2.27. The van der Waals surface area contributed by atoms with Gasteiger partial charge in [-0.3, -0.25) is 0 Å². The molecule has 3 atom stereocenters. The van der Waals surface area contributed by atoms with E-state index in [0.29, 0.717) is 23.6 Å². The van der Waals surface area contributed by atoms with Crippen LogP contribution in [-0.4, -0.2) is 29.6 Å². The van der Waals surface area contributed by atoms with Crippen LogP contribution in [0.25, 0.3) is 0 Å². The Morgan fingerprint density at radius 2 is 2.14 bits per heavy atom. The predicted octanol–water partition coefficient (Wildman–Crippen LogP) is 4.07. The highest BCUT2D eigenvalue weighted by molar-refractivity contribution is 5.24. The molecule has 1 aliphatic carbocycles. The summed E-state index contributed by atoms with van der Waals surface area (Å²) >= 11 is 0. The van der Waals surface area contributed by atoms with E-state index >= 15 is 0 Å². The third-order valence-electron chi connectivity index (χ3n) is 4.87. The van der Waals surface area contributed by atoms with Crippen molar-refractivity contribution in [3.63, 3.8) is 0 Å². The van der Waals surface area contributed by atoms with Gasteiger partial charge in [-0.25, -0.2) is 4.39 Å². The third kappa shape index (κ3) is 4.52. The van der Waals surface area contributed by atoms with Gasteiger partial charge < -0.3 is 10.0 Å². The zero-order chi connectivity index (χ0) is 15.4. The quantitative estimate of drug-likeness (QED) is 0.884. The van der Waals surface area contributed by atoms with Gasteiger partial charge in [-0.05, 0) is 56.3 Å². The van der Waals surface area contributed by atoms with Crippen LogP contribution >= 0.6 is 0 Å². The van der Waals surface area contributed by atoms with Gasteiger partial charge in [0.05, 0.1) is 6.10 Å². The first-order valence-electron chi connectivity index (χ1n) is 8.11. The molecule has 0 aromatic heterocycles. The number of aliphatic hydroxyl groups excluding tert-OH is 1. The Balaban J connectivity index is 1.85. The molecule has 2 nitrogen and oxygen atoms in total. The monoisotopic (exact) mass is 293 g/mol. The highest BCUT2D eigenvalue weighted by Gasteiger charge is 2.22. The molecule has 0 radical (unpaired) electrons. The van der Waals surface area contributed by atoms with Crippen molar-refractivity contribution in [3.8, 4) is 0 Å². The normalized spacial score (nSPS) is 24.3. The van der Waals surface area contributed by atoms with Crippen molar-refractivity contribution in [2.24, 2.45) is 5.92 Å². The van der Waals surface area contributed by atoms with E-state index < -0.39 is 6.10 Å². The van der Waals surface area contributed by atoms with Crippen molar-refractivity contribution in [2.75, 3.05) is 13.6 Å². The van der Waals surface area contributed by atoms with Crippen LogP contribution in [0.3, 0.4) is 0 Å². The lowest BCUT2D eigenvalue weighted by molar-refractivity contribution is 0.116. The van der Waals surface area contributed by atoms with Gasteiger partial charge in [0.15, 0.2) is 0 Å². The van der Waals surface area contributed by atoms with Crippen molar-refractivity contribution >= 4 is 0 Å². The zero-order valence-electron chi connectivity index (χ0n) is 13.5. The van der Waals surface area contributed by atoms with Crippen LogP contribution < -0.4 is 0 Å². The van der Waals surface area contributed by atoms with Crippen LogP contribution in [0.4, 0.5) is 4.39 Å². The molecule has 3 heteroatoms. The summed E-state index contributed by atoms with van der Waals surface area (Å²) < 4.78 is 13.6. The first-order chi connectivity index (χ1) is 9.97. The second-order valence-corrected chi connectivity index (χ2v) is 6.72. The molecule has 0 amide bonds. The number of halogens is 1. The molecule has 2 rings (SSSR count). The fraction of sp³-hybridized carbons (Fsp3) is 0.667. The smallest absolute Gasteiger partial charge is 0.126 e. The molecule has 0 spiro atoms. The Hall–Kier alpha value is -0.930.